The number of esters is 1. The summed E-state index contributed by atoms with van der Waals surface area (Å²) in [7, 11) is 0. The quantitative estimate of drug-likeness (QED) is 0.0324. The molecule has 3 unspecified atom stereocenters. The molecule has 0 bridgehead atoms. The molecule has 0 rings (SSSR count). The van der Waals surface area contributed by atoms with E-state index in [1.807, 2.05) is 12.2 Å². The summed E-state index contributed by atoms with van der Waals surface area (Å²) >= 11 is 0. The van der Waals surface area contributed by atoms with Gasteiger partial charge >= 0.3 is 5.97 Å². The Hall–Kier alpha value is -1.66. The van der Waals surface area contributed by atoms with E-state index >= 15 is 0 Å². The lowest BCUT2D eigenvalue weighted by molar-refractivity contribution is -0.148. The minimum absolute atomic E-state index is 0.0236. The van der Waals surface area contributed by atoms with Crippen molar-refractivity contribution in [1.29, 1.82) is 0 Å². The summed E-state index contributed by atoms with van der Waals surface area (Å²) in [6.07, 6.45) is 49.8. The van der Waals surface area contributed by atoms with Gasteiger partial charge in [-0.05, 0) is 38.2 Å². The van der Waals surface area contributed by atoms with Gasteiger partial charge in [0.15, 0.2) is 0 Å². The fourth-order valence-corrected chi connectivity index (χ4v) is 7.51. The van der Waals surface area contributed by atoms with Crippen LogP contribution < -0.4 is 5.32 Å². The maximum absolute atomic E-state index is 13.1. The second kappa shape index (κ2) is 44.4. The molecule has 0 aliphatic rings. The first-order valence-corrected chi connectivity index (χ1v) is 24.6. The van der Waals surface area contributed by atoms with Crippen LogP contribution in [0.3, 0.4) is 0 Å². The largest absolute Gasteiger partial charge is 0.458 e. The van der Waals surface area contributed by atoms with Crippen molar-refractivity contribution in [1.82, 2.24) is 5.32 Å². The molecule has 330 valence electrons. The molecule has 0 aromatic heterocycles. The predicted octanol–water partition coefficient (Wildman–Crippen LogP) is 14.3. The van der Waals surface area contributed by atoms with Crippen molar-refractivity contribution in [2.75, 3.05) is 6.61 Å². The van der Waals surface area contributed by atoms with Gasteiger partial charge in [0.25, 0.3) is 0 Å². The molecule has 3 atom stereocenters. The van der Waals surface area contributed by atoms with Crippen LogP contribution in [0, 0.1) is 0 Å². The fraction of sp³-hybridized carbons (Fsp3) is 0.880. The molecular weight excluding hydrogens is 695 g/mol. The van der Waals surface area contributed by atoms with Crippen molar-refractivity contribution in [3.63, 3.8) is 0 Å². The van der Waals surface area contributed by atoms with E-state index in [2.05, 4.69) is 38.2 Å². The molecule has 0 aliphatic carbocycles. The lowest BCUT2D eigenvalue weighted by atomic mass is 10.0. The number of allylic oxidation sites excluding steroid dienone is 3. The van der Waals surface area contributed by atoms with E-state index in [0.717, 1.165) is 51.4 Å². The molecule has 0 radical (unpaired) electrons. The Morgan fingerprint density at radius 1 is 0.536 bits per heavy atom. The van der Waals surface area contributed by atoms with Crippen molar-refractivity contribution >= 4 is 11.9 Å². The number of hydrogen-bond donors (Lipinski definition) is 3. The molecule has 56 heavy (non-hydrogen) atoms. The standard InChI is InChI=1S/C50H95NO5/c1-4-7-10-13-16-19-22-23-24-25-28-31-34-37-40-43-50(55)56-46(41-38-35-32-29-26-20-17-14-11-8-5-2)44-49(54)51-47(45-52)48(53)42-39-36-33-30-27-21-18-15-12-9-6-3/h29,32,38,41,46-48,52-53H,4-28,30-31,33-37,39-40,42-45H2,1-3H3,(H,51,54)/b32-29-,41-38+. The Kier molecular flexibility index (Phi) is 43.1. The number of amides is 1. The molecule has 0 heterocycles. The summed E-state index contributed by atoms with van der Waals surface area (Å²) in [5.74, 6) is -0.592. The Morgan fingerprint density at radius 2 is 0.946 bits per heavy atom. The summed E-state index contributed by atoms with van der Waals surface area (Å²) in [4.78, 5) is 26.0. The summed E-state index contributed by atoms with van der Waals surface area (Å²) in [5, 5.41) is 23.6. The summed E-state index contributed by atoms with van der Waals surface area (Å²) < 4.78 is 5.82. The van der Waals surface area contributed by atoms with Crippen LogP contribution in [0.25, 0.3) is 0 Å². The van der Waals surface area contributed by atoms with E-state index in [-0.39, 0.29) is 24.9 Å². The Bertz CT molecular complexity index is 889. The molecule has 6 heteroatoms. The first kappa shape index (κ1) is 54.3. The van der Waals surface area contributed by atoms with E-state index in [4.69, 9.17) is 4.74 Å². The lowest BCUT2D eigenvalue weighted by Crippen LogP contribution is -2.46. The SMILES string of the molecule is CCCCCCCC/C=C\C/C=C/C(CC(=O)NC(CO)C(O)CCCCCCCCCCCCC)OC(=O)CCCCCCCCCCCCCCCCC. The second-order valence-electron chi connectivity index (χ2n) is 16.9. The number of hydrogen-bond acceptors (Lipinski definition) is 5. The van der Waals surface area contributed by atoms with Crippen LogP contribution in [-0.2, 0) is 14.3 Å². The number of aliphatic hydroxyl groups excluding tert-OH is 2. The smallest absolute Gasteiger partial charge is 0.306 e. The third-order valence-electron chi connectivity index (χ3n) is 11.3. The molecule has 0 spiro atoms. The van der Waals surface area contributed by atoms with E-state index in [9.17, 15) is 19.8 Å². The van der Waals surface area contributed by atoms with Crippen molar-refractivity contribution < 1.29 is 24.5 Å². The molecular formula is C50H95NO5. The van der Waals surface area contributed by atoms with Crippen LogP contribution in [0.5, 0.6) is 0 Å². The zero-order valence-corrected chi connectivity index (χ0v) is 37.5. The summed E-state index contributed by atoms with van der Waals surface area (Å²) in [6.45, 7) is 6.44. The van der Waals surface area contributed by atoms with Gasteiger partial charge in [-0.15, -0.1) is 0 Å². The minimum Gasteiger partial charge on any atom is -0.458 e. The maximum atomic E-state index is 13.1. The Labute approximate surface area is 348 Å². The van der Waals surface area contributed by atoms with Gasteiger partial charge in [0.1, 0.15) is 6.10 Å². The van der Waals surface area contributed by atoms with Gasteiger partial charge in [0.2, 0.25) is 5.91 Å². The number of aliphatic hydroxyl groups is 2. The zero-order valence-electron chi connectivity index (χ0n) is 37.5. The lowest BCUT2D eigenvalue weighted by Gasteiger charge is -2.23. The highest BCUT2D eigenvalue weighted by molar-refractivity contribution is 5.78. The van der Waals surface area contributed by atoms with Crippen molar-refractivity contribution in [2.45, 2.75) is 277 Å². The normalized spacial score (nSPS) is 13.4. The third-order valence-corrected chi connectivity index (χ3v) is 11.3. The molecule has 0 fully saturated rings. The number of nitrogens with one attached hydrogen (secondary N) is 1. The van der Waals surface area contributed by atoms with Crippen LogP contribution in [0.2, 0.25) is 0 Å². The highest BCUT2D eigenvalue weighted by Crippen LogP contribution is 2.16. The third kappa shape index (κ3) is 39.2. The Morgan fingerprint density at radius 3 is 1.39 bits per heavy atom. The Balaban J connectivity index is 4.60. The van der Waals surface area contributed by atoms with Gasteiger partial charge in [-0.3, -0.25) is 9.59 Å². The van der Waals surface area contributed by atoms with Gasteiger partial charge in [0.05, 0.1) is 25.2 Å². The molecule has 1 amide bonds. The number of rotatable bonds is 44. The topological polar surface area (TPSA) is 95.9 Å². The van der Waals surface area contributed by atoms with E-state index < -0.39 is 18.2 Å². The monoisotopic (exact) mass is 790 g/mol. The molecule has 6 nitrogen and oxygen atoms in total. The van der Waals surface area contributed by atoms with E-state index in [0.29, 0.717) is 12.8 Å². The average Bonchev–Trinajstić information content (AvgIpc) is 3.19. The fourth-order valence-electron chi connectivity index (χ4n) is 7.51. The van der Waals surface area contributed by atoms with Crippen molar-refractivity contribution in [3.05, 3.63) is 24.3 Å². The van der Waals surface area contributed by atoms with Gasteiger partial charge in [-0.25, -0.2) is 0 Å². The van der Waals surface area contributed by atoms with E-state index in [1.165, 1.54) is 167 Å². The molecule has 0 saturated carbocycles. The molecule has 0 aromatic carbocycles. The van der Waals surface area contributed by atoms with Gasteiger partial charge in [0, 0.05) is 6.42 Å². The van der Waals surface area contributed by atoms with Gasteiger partial charge < -0.3 is 20.3 Å². The van der Waals surface area contributed by atoms with Gasteiger partial charge in [-0.1, -0.05) is 232 Å². The first-order chi connectivity index (χ1) is 27.5. The van der Waals surface area contributed by atoms with Crippen LogP contribution in [0.15, 0.2) is 24.3 Å². The van der Waals surface area contributed by atoms with Crippen LogP contribution in [0.4, 0.5) is 0 Å². The molecule has 0 aromatic rings. The first-order valence-electron chi connectivity index (χ1n) is 24.6. The number of ether oxygens (including phenoxy) is 1. The summed E-state index contributed by atoms with van der Waals surface area (Å²) in [6, 6.07) is -0.726. The number of carbonyl (C=O) groups excluding carboxylic acids is 2. The van der Waals surface area contributed by atoms with Crippen LogP contribution in [0.1, 0.15) is 258 Å². The summed E-state index contributed by atoms with van der Waals surface area (Å²) in [5.41, 5.74) is 0. The zero-order chi connectivity index (χ0) is 41.0. The predicted molar refractivity (Wildman–Crippen MR) is 241 cm³/mol. The average molecular weight is 790 g/mol. The highest BCUT2D eigenvalue weighted by Gasteiger charge is 2.23. The molecule has 0 aliphatic heterocycles. The van der Waals surface area contributed by atoms with Crippen LogP contribution in [-0.4, -0.2) is 46.9 Å². The highest BCUT2D eigenvalue weighted by atomic mass is 16.5. The van der Waals surface area contributed by atoms with Crippen LogP contribution >= 0.6 is 0 Å². The van der Waals surface area contributed by atoms with Gasteiger partial charge in [-0.2, -0.15) is 0 Å². The number of unbranched alkanes of at least 4 members (excludes halogenated alkanes) is 30. The number of carbonyl (C=O) groups is 2. The second-order valence-corrected chi connectivity index (χ2v) is 16.9. The van der Waals surface area contributed by atoms with E-state index in [1.54, 1.807) is 0 Å². The minimum atomic E-state index is -0.805. The van der Waals surface area contributed by atoms with Crippen molar-refractivity contribution in [2.24, 2.45) is 0 Å². The van der Waals surface area contributed by atoms with Crippen molar-refractivity contribution in [3.8, 4) is 0 Å². The molecule has 3 N–H and O–H groups in total. The maximum Gasteiger partial charge on any atom is 0.306 e. The molecule has 0 saturated heterocycles.